The van der Waals surface area contributed by atoms with Gasteiger partial charge in [0, 0.05) is 36.7 Å². The van der Waals surface area contributed by atoms with Crippen molar-refractivity contribution in [3.05, 3.63) is 35.1 Å². The van der Waals surface area contributed by atoms with Crippen LogP contribution in [0.15, 0.2) is 18.7 Å². The van der Waals surface area contributed by atoms with Crippen molar-refractivity contribution >= 4 is 17.5 Å². The van der Waals surface area contributed by atoms with E-state index in [1.165, 1.54) is 0 Å². The zero-order chi connectivity index (χ0) is 13.0. The Hall–Kier alpha value is -1.62. The highest BCUT2D eigenvalue weighted by Crippen LogP contribution is 2.16. The summed E-state index contributed by atoms with van der Waals surface area (Å²) in [5, 5.41) is 3.69. The lowest BCUT2D eigenvalue weighted by Crippen LogP contribution is -2.09. The van der Waals surface area contributed by atoms with E-state index in [2.05, 4.69) is 20.3 Å². The molecule has 0 bridgehead atoms. The van der Waals surface area contributed by atoms with Gasteiger partial charge >= 0.3 is 0 Å². The number of aryl methyl sites for hydroxylation is 2. The van der Waals surface area contributed by atoms with Gasteiger partial charge in [-0.05, 0) is 20.3 Å². The molecule has 2 heterocycles. The molecule has 2 aromatic rings. The molecule has 2 rings (SSSR count). The Morgan fingerprint density at radius 1 is 1.33 bits per heavy atom. The molecule has 5 nitrogen and oxygen atoms in total. The summed E-state index contributed by atoms with van der Waals surface area (Å²) in [6, 6.07) is 0. The molecule has 0 amide bonds. The number of nitrogens with one attached hydrogen (secondary N) is 1. The Labute approximate surface area is 111 Å². The fourth-order valence-corrected chi connectivity index (χ4v) is 1.77. The summed E-state index contributed by atoms with van der Waals surface area (Å²) < 4.78 is 2.04. The summed E-state index contributed by atoms with van der Waals surface area (Å²) in [6.07, 6.45) is 6.51. The third kappa shape index (κ3) is 3.20. The third-order valence-electron chi connectivity index (χ3n) is 2.77. The molecule has 96 valence electrons. The van der Waals surface area contributed by atoms with Gasteiger partial charge in [0.1, 0.15) is 5.15 Å². The summed E-state index contributed by atoms with van der Waals surface area (Å²) >= 11 is 6.01. The van der Waals surface area contributed by atoms with Crippen molar-refractivity contribution in [2.75, 3.05) is 11.9 Å². The van der Waals surface area contributed by atoms with Crippen molar-refractivity contribution in [3.63, 3.8) is 0 Å². The molecule has 18 heavy (non-hydrogen) atoms. The van der Waals surface area contributed by atoms with E-state index >= 15 is 0 Å². The molecule has 0 aliphatic rings. The standard InChI is InChI=1S/C12H16ClN5/c1-9-10(2)16-12(17-11(9)13)15-4-3-6-18-7-5-14-8-18/h5,7-8H,3-4,6H2,1-2H3,(H,15,16,17). The highest BCUT2D eigenvalue weighted by Gasteiger charge is 2.05. The van der Waals surface area contributed by atoms with Crippen LogP contribution in [0.5, 0.6) is 0 Å². The second-order valence-corrected chi connectivity index (χ2v) is 4.49. The van der Waals surface area contributed by atoms with Gasteiger partial charge in [0.05, 0.1) is 6.33 Å². The Bertz CT molecular complexity index is 486. The smallest absolute Gasteiger partial charge is 0.224 e. The zero-order valence-corrected chi connectivity index (χ0v) is 11.3. The SMILES string of the molecule is Cc1nc(NCCCn2ccnc2)nc(Cl)c1C. The molecule has 6 heteroatoms. The summed E-state index contributed by atoms with van der Waals surface area (Å²) in [7, 11) is 0. The van der Waals surface area contributed by atoms with Crippen LogP contribution in [0.1, 0.15) is 17.7 Å². The molecule has 0 unspecified atom stereocenters. The van der Waals surface area contributed by atoms with Crippen LogP contribution >= 0.6 is 11.6 Å². The van der Waals surface area contributed by atoms with E-state index in [9.17, 15) is 0 Å². The number of anilines is 1. The first-order valence-corrected chi connectivity index (χ1v) is 6.25. The largest absolute Gasteiger partial charge is 0.354 e. The molecule has 0 saturated carbocycles. The topological polar surface area (TPSA) is 55.6 Å². The number of nitrogens with zero attached hydrogens (tertiary/aromatic N) is 4. The first-order valence-electron chi connectivity index (χ1n) is 5.87. The van der Waals surface area contributed by atoms with E-state index in [1.807, 2.05) is 30.9 Å². The molecule has 0 atom stereocenters. The Morgan fingerprint density at radius 2 is 2.17 bits per heavy atom. The molecule has 2 aromatic heterocycles. The maximum Gasteiger partial charge on any atom is 0.224 e. The molecular weight excluding hydrogens is 250 g/mol. The van der Waals surface area contributed by atoms with Gasteiger partial charge in [0.2, 0.25) is 5.95 Å². The third-order valence-corrected chi connectivity index (χ3v) is 3.13. The van der Waals surface area contributed by atoms with Crippen LogP contribution in [0.2, 0.25) is 5.15 Å². The zero-order valence-electron chi connectivity index (χ0n) is 10.5. The highest BCUT2D eigenvalue weighted by molar-refractivity contribution is 6.30. The number of hydrogen-bond acceptors (Lipinski definition) is 4. The minimum Gasteiger partial charge on any atom is -0.354 e. The van der Waals surface area contributed by atoms with Gasteiger partial charge in [-0.1, -0.05) is 11.6 Å². The van der Waals surface area contributed by atoms with Crippen molar-refractivity contribution < 1.29 is 0 Å². The van der Waals surface area contributed by atoms with Crippen molar-refractivity contribution in [1.29, 1.82) is 0 Å². The fourth-order valence-electron chi connectivity index (χ4n) is 1.55. The minimum atomic E-state index is 0.514. The maximum atomic E-state index is 6.01. The quantitative estimate of drug-likeness (QED) is 0.666. The van der Waals surface area contributed by atoms with Gasteiger partial charge < -0.3 is 9.88 Å². The van der Waals surface area contributed by atoms with Crippen molar-refractivity contribution in [2.45, 2.75) is 26.8 Å². The van der Waals surface area contributed by atoms with E-state index in [0.717, 1.165) is 30.8 Å². The molecule has 0 aliphatic carbocycles. The average molecular weight is 266 g/mol. The molecule has 0 spiro atoms. The average Bonchev–Trinajstić information content (AvgIpc) is 2.84. The number of hydrogen-bond donors (Lipinski definition) is 1. The molecule has 0 aromatic carbocycles. The van der Waals surface area contributed by atoms with E-state index in [1.54, 1.807) is 6.20 Å². The van der Waals surface area contributed by atoms with E-state index < -0.39 is 0 Å². The van der Waals surface area contributed by atoms with Gasteiger partial charge in [-0.2, -0.15) is 0 Å². The van der Waals surface area contributed by atoms with Crippen LogP contribution in [0.4, 0.5) is 5.95 Å². The predicted octanol–water partition coefficient (Wildman–Crippen LogP) is 2.45. The van der Waals surface area contributed by atoms with Crippen LogP contribution in [-0.4, -0.2) is 26.1 Å². The normalized spacial score (nSPS) is 10.6. The van der Waals surface area contributed by atoms with Crippen LogP contribution in [0.3, 0.4) is 0 Å². The summed E-state index contributed by atoms with van der Waals surface area (Å²) in [5.74, 6) is 0.591. The highest BCUT2D eigenvalue weighted by atomic mass is 35.5. The van der Waals surface area contributed by atoms with Gasteiger partial charge in [-0.3, -0.25) is 0 Å². The van der Waals surface area contributed by atoms with E-state index in [-0.39, 0.29) is 0 Å². The van der Waals surface area contributed by atoms with Crippen molar-refractivity contribution in [2.24, 2.45) is 0 Å². The van der Waals surface area contributed by atoms with E-state index in [0.29, 0.717) is 11.1 Å². The number of rotatable bonds is 5. The van der Waals surface area contributed by atoms with Crippen LogP contribution < -0.4 is 5.32 Å². The van der Waals surface area contributed by atoms with Gasteiger partial charge in [-0.15, -0.1) is 0 Å². The molecule has 0 saturated heterocycles. The monoisotopic (exact) mass is 265 g/mol. The molecule has 0 radical (unpaired) electrons. The number of imidazole rings is 1. The minimum absolute atomic E-state index is 0.514. The van der Waals surface area contributed by atoms with Gasteiger partial charge in [0.15, 0.2) is 0 Å². The summed E-state index contributed by atoms with van der Waals surface area (Å²) in [5.41, 5.74) is 1.84. The first kappa shape index (κ1) is 12.8. The number of aromatic nitrogens is 4. The molecule has 0 aliphatic heterocycles. The lowest BCUT2D eigenvalue weighted by atomic mass is 10.3. The summed E-state index contributed by atoms with van der Waals surface area (Å²) in [6.45, 7) is 5.57. The molecular formula is C12H16ClN5. The van der Waals surface area contributed by atoms with Gasteiger partial charge in [0.25, 0.3) is 0 Å². The lowest BCUT2D eigenvalue weighted by molar-refractivity contribution is 0.659. The fraction of sp³-hybridized carbons (Fsp3) is 0.417. The Kier molecular flexibility index (Phi) is 4.15. The van der Waals surface area contributed by atoms with Crippen molar-refractivity contribution in [3.8, 4) is 0 Å². The molecule has 1 N–H and O–H groups in total. The summed E-state index contributed by atoms with van der Waals surface area (Å²) in [4.78, 5) is 12.5. The van der Waals surface area contributed by atoms with Crippen LogP contribution in [0.25, 0.3) is 0 Å². The van der Waals surface area contributed by atoms with Gasteiger partial charge in [-0.25, -0.2) is 15.0 Å². The second kappa shape index (κ2) is 5.82. The Morgan fingerprint density at radius 3 is 2.83 bits per heavy atom. The first-order chi connectivity index (χ1) is 8.66. The predicted molar refractivity (Wildman–Crippen MR) is 71.8 cm³/mol. The number of halogens is 1. The Balaban J connectivity index is 1.83. The van der Waals surface area contributed by atoms with E-state index in [4.69, 9.17) is 11.6 Å². The lowest BCUT2D eigenvalue weighted by Gasteiger charge is -2.08. The second-order valence-electron chi connectivity index (χ2n) is 4.13. The maximum absolute atomic E-state index is 6.01. The van der Waals surface area contributed by atoms with Crippen LogP contribution in [0, 0.1) is 13.8 Å². The van der Waals surface area contributed by atoms with Crippen molar-refractivity contribution in [1.82, 2.24) is 19.5 Å². The van der Waals surface area contributed by atoms with Crippen LogP contribution in [-0.2, 0) is 6.54 Å². The molecule has 0 fully saturated rings.